The van der Waals surface area contributed by atoms with Crippen molar-refractivity contribution in [1.82, 2.24) is 14.7 Å². The van der Waals surface area contributed by atoms with Crippen molar-refractivity contribution in [3.8, 4) is 0 Å². The molecule has 5 nitrogen and oxygen atoms in total. The van der Waals surface area contributed by atoms with Crippen LogP contribution in [0.1, 0.15) is 29.2 Å². The molecule has 0 spiro atoms. The minimum absolute atomic E-state index is 0.000727. The minimum atomic E-state index is -0.000727. The first-order valence-corrected chi connectivity index (χ1v) is 6.18. The number of rotatable bonds is 3. The largest absolute Gasteiger partial charge is 0.454 e. The minimum Gasteiger partial charge on any atom is -0.454 e. The summed E-state index contributed by atoms with van der Waals surface area (Å²) in [5.41, 5.74) is 0. The van der Waals surface area contributed by atoms with Gasteiger partial charge in [0.25, 0.3) is 5.91 Å². The molecular weight excluding hydrogens is 230 g/mol. The van der Waals surface area contributed by atoms with Crippen LogP contribution in [0.15, 0.2) is 35.0 Å². The molecule has 94 valence electrons. The molecule has 3 rings (SSSR count). The van der Waals surface area contributed by atoms with Crippen molar-refractivity contribution in [2.45, 2.75) is 19.4 Å². The Morgan fingerprint density at radius 2 is 2.17 bits per heavy atom. The Kier molecular flexibility index (Phi) is 2.88. The van der Waals surface area contributed by atoms with E-state index in [4.69, 9.17) is 4.42 Å². The Balaban J connectivity index is 1.70. The molecule has 0 radical (unpaired) electrons. The second kappa shape index (κ2) is 4.68. The molecule has 0 unspecified atom stereocenters. The second-order valence-electron chi connectivity index (χ2n) is 4.47. The molecule has 1 aliphatic rings. The van der Waals surface area contributed by atoms with Gasteiger partial charge in [-0.3, -0.25) is 9.48 Å². The zero-order chi connectivity index (χ0) is 12.4. The SMILES string of the molecule is O=C(c1ccc(Cn2cccn2)o1)N1CCCC1. The van der Waals surface area contributed by atoms with E-state index in [0.29, 0.717) is 12.3 Å². The molecule has 2 aromatic heterocycles. The van der Waals surface area contributed by atoms with Crippen molar-refractivity contribution < 1.29 is 9.21 Å². The fourth-order valence-corrected chi connectivity index (χ4v) is 2.21. The summed E-state index contributed by atoms with van der Waals surface area (Å²) >= 11 is 0. The highest BCUT2D eigenvalue weighted by Crippen LogP contribution is 2.15. The van der Waals surface area contributed by atoms with Crippen molar-refractivity contribution in [2.75, 3.05) is 13.1 Å². The summed E-state index contributed by atoms with van der Waals surface area (Å²) in [5.74, 6) is 1.18. The Hall–Kier alpha value is -2.04. The highest BCUT2D eigenvalue weighted by molar-refractivity contribution is 5.91. The van der Waals surface area contributed by atoms with Crippen LogP contribution in [-0.4, -0.2) is 33.7 Å². The first-order valence-electron chi connectivity index (χ1n) is 6.18. The van der Waals surface area contributed by atoms with Crippen molar-refractivity contribution in [3.05, 3.63) is 42.1 Å². The fourth-order valence-electron chi connectivity index (χ4n) is 2.21. The molecule has 0 aliphatic carbocycles. The second-order valence-corrected chi connectivity index (χ2v) is 4.47. The molecule has 3 heterocycles. The maximum atomic E-state index is 12.1. The number of hydrogen-bond donors (Lipinski definition) is 0. The van der Waals surface area contributed by atoms with Crippen LogP contribution in [0.4, 0.5) is 0 Å². The van der Waals surface area contributed by atoms with Crippen molar-refractivity contribution >= 4 is 5.91 Å². The lowest BCUT2D eigenvalue weighted by molar-refractivity contribution is 0.0759. The molecule has 0 atom stereocenters. The Morgan fingerprint density at radius 3 is 2.89 bits per heavy atom. The standard InChI is InChI=1S/C13H15N3O2/c17-13(15-7-1-2-8-15)12-5-4-11(18-12)10-16-9-3-6-14-16/h3-6,9H,1-2,7-8,10H2. The van der Waals surface area contributed by atoms with E-state index in [-0.39, 0.29) is 5.91 Å². The number of amides is 1. The lowest BCUT2D eigenvalue weighted by Crippen LogP contribution is -2.27. The van der Waals surface area contributed by atoms with E-state index in [9.17, 15) is 4.79 Å². The normalized spacial score (nSPS) is 15.2. The third-order valence-electron chi connectivity index (χ3n) is 3.14. The quantitative estimate of drug-likeness (QED) is 0.828. The highest BCUT2D eigenvalue weighted by atomic mass is 16.4. The fraction of sp³-hybridized carbons (Fsp3) is 0.385. The first kappa shape index (κ1) is 11.1. The van der Waals surface area contributed by atoms with Gasteiger partial charge in [-0.1, -0.05) is 0 Å². The number of nitrogens with zero attached hydrogens (tertiary/aromatic N) is 3. The number of carbonyl (C=O) groups is 1. The topological polar surface area (TPSA) is 51.3 Å². The number of furan rings is 1. The van der Waals surface area contributed by atoms with Gasteiger partial charge in [0, 0.05) is 25.5 Å². The van der Waals surface area contributed by atoms with Gasteiger partial charge in [-0.2, -0.15) is 5.10 Å². The predicted molar refractivity (Wildman–Crippen MR) is 65.2 cm³/mol. The van der Waals surface area contributed by atoms with Crippen LogP contribution < -0.4 is 0 Å². The van der Waals surface area contributed by atoms with Crippen LogP contribution in [0, 0.1) is 0 Å². The van der Waals surface area contributed by atoms with E-state index in [1.165, 1.54) is 0 Å². The Labute approximate surface area is 105 Å². The van der Waals surface area contributed by atoms with Gasteiger partial charge in [-0.25, -0.2) is 0 Å². The lowest BCUT2D eigenvalue weighted by atomic mass is 10.4. The summed E-state index contributed by atoms with van der Waals surface area (Å²) in [7, 11) is 0. The van der Waals surface area contributed by atoms with Crippen LogP contribution in [0.2, 0.25) is 0 Å². The van der Waals surface area contributed by atoms with E-state index < -0.39 is 0 Å². The predicted octanol–water partition coefficient (Wildman–Crippen LogP) is 1.76. The van der Waals surface area contributed by atoms with Crippen LogP contribution in [-0.2, 0) is 6.54 Å². The summed E-state index contributed by atoms with van der Waals surface area (Å²) in [6.45, 7) is 2.24. The molecule has 1 fully saturated rings. The maximum Gasteiger partial charge on any atom is 0.289 e. The van der Waals surface area contributed by atoms with Crippen LogP contribution in [0.5, 0.6) is 0 Å². The molecular formula is C13H15N3O2. The van der Waals surface area contributed by atoms with E-state index in [0.717, 1.165) is 31.7 Å². The number of carbonyl (C=O) groups excluding carboxylic acids is 1. The molecule has 0 aromatic carbocycles. The Bertz CT molecular complexity index is 524. The van der Waals surface area contributed by atoms with E-state index in [1.807, 2.05) is 23.2 Å². The zero-order valence-corrected chi connectivity index (χ0v) is 10.1. The molecule has 0 saturated carbocycles. The summed E-state index contributed by atoms with van der Waals surface area (Å²) in [5, 5.41) is 4.10. The zero-order valence-electron chi connectivity index (χ0n) is 10.1. The van der Waals surface area contributed by atoms with Gasteiger partial charge in [0.1, 0.15) is 5.76 Å². The molecule has 1 aliphatic heterocycles. The van der Waals surface area contributed by atoms with Gasteiger partial charge >= 0.3 is 0 Å². The van der Waals surface area contributed by atoms with E-state index >= 15 is 0 Å². The highest BCUT2D eigenvalue weighted by Gasteiger charge is 2.22. The first-order chi connectivity index (χ1) is 8.83. The van der Waals surface area contributed by atoms with Crippen molar-refractivity contribution in [3.63, 3.8) is 0 Å². The summed E-state index contributed by atoms with van der Waals surface area (Å²) < 4.78 is 7.35. The average Bonchev–Trinajstić information content (AvgIpc) is 3.11. The monoisotopic (exact) mass is 245 g/mol. The van der Waals surface area contributed by atoms with Gasteiger partial charge in [0.2, 0.25) is 0 Å². The maximum absolute atomic E-state index is 12.1. The molecule has 0 N–H and O–H groups in total. The summed E-state index contributed by atoms with van der Waals surface area (Å²) in [6.07, 6.45) is 5.77. The third kappa shape index (κ3) is 2.16. The third-order valence-corrected chi connectivity index (χ3v) is 3.14. The van der Waals surface area contributed by atoms with Gasteiger partial charge in [0.05, 0.1) is 6.54 Å². The van der Waals surface area contributed by atoms with Crippen molar-refractivity contribution in [2.24, 2.45) is 0 Å². The molecule has 2 aromatic rings. The molecule has 18 heavy (non-hydrogen) atoms. The smallest absolute Gasteiger partial charge is 0.289 e. The number of likely N-dealkylation sites (tertiary alicyclic amines) is 1. The average molecular weight is 245 g/mol. The van der Waals surface area contributed by atoms with Gasteiger partial charge in [0.15, 0.2) is 5.76 Å². The van der Waals surface area contributed by atoms with Gasteiger partial charge in [-0.05, 0) is 31.0 Å². The van der Waals surface area contributed by atoms with E-state index in [2.05, 4.69) is 5.10 Å². The van der Waals surface area contributed by atoms with E-state index in [1.54, 1.807) is 16.9 Å². The van der Waals surface area contributed by atoms with Gasteiger partial charge in [-0.15, -0.1) is 0 Å². The summed E-state index contributed by atoms with van der Waals surface area (Å²) in [6, 6.07) is 5.45. The van der Waals surface area contributed by atoms with Gasteiger partial charge < -0.3 is 9.32 Å². The number of aromatic nitrogens is 2. The van der Waals surface area contributed by atoms with Crippen LogP contribution in [0.3, 0.4) is 0 Å². The van der Waals surface area contributed by atoms with Crippen LogP contribution >= 0.6 is 0 Å². The summed E-state index contributed by atoms with van der Waals surface area (Å²) in [4.78, 5) is 13.9. The van der Waals surface area contributed by atoms with Crippen LogP contribution in [0.25, 0.3) is 0 Å². The van der Waals surface area contributed by atoms with Crippen molar-refractivity contribution in [1.29, 1.82) is 0 Å². The molecule has 5 heteroatoms. The molecule has 1 saturated heterocycles. The Morgan fingerprint density at radius 1 is 1.33 bits per heavy atom. The number of hydrogen-bond acceptors (Lipinski definition) is 3. The molecule has 0 bridgehead atoms. The molecule has 1 amide bonds. The lowest BCUT2D eigenvalue weighted by Gasteiger charge is -2.12.